The summed E-state index contributed by atoms with van der Waals surface area (Å²) in [6.07, 6.45) is 6.68. The normalized spacial score (nSPS) is 32.2. The highest BCUT2D eigenvalue weighted by molar-refractivity contribution is 7.09. The highest BCUT2D eigenvalue weighted by Crippen LogP contribution is 2.62. The summed E-state index contributed by atoms with van der Waals surface area (Å²) >= 11 is 1.75. The van der Waals surface area contributed by atoms with E-state index in [9.17, 15) is 4.79 Å². The molecule has 1 aliphatic carbocycles. The fraction of sp³-hybridized carbons (Fsp3) is 0.789. The fourth-order valence-corrected chi connectivity index (χ4v) is 6.53. The molecule has 0 unspecified atom stereocenters. The summed E-state index contributed by atoms with van der Waals surface area (Å²) in [6.45, 7) is 5.31. The monoisotopic (exact) mass is 362 g/mol. The number of nitrogens with zero attached hydrogens (tertiary/aromatic N) is 4. The molecule has 3 heterocycles. The van der Waals surface area contributed by atoms with Crippen molar-refractivity contribution in [3.05, 3.63) is 16.6 Å². The molecule has 2 saturated heterocycles. The Kier molecular flexibility index (Phi) is 4.41. The summed E-state index contributed by atoms with van der Waals surface area (Å²) in [5, 5.41) is 3.29. The second-order valence-electron chi connectivity index (χ2n) is 8.67. The number of hydrogen-bond acceptors (Lipinski definition) is 5. The minimum atomic E-state index is -0.129. The molecule has 1 aromatic rings. The summed E-state index contributed by atoms with van der Waals surface area (Å²) < 4.78 is 0. The van der Waals surface area contributed by atoms with Gasteiger partial charge in [-0.15, -0.1) is 11.3 Å². The van der Waals surface area contributed by atoms with Crippen molar-refractivity contribution in [2.24, 2.45) is 16.7 Å². The molecular weight excluding hydrogens is 332 g/mol. The maximum Gasteiger partial charge on any atom is 0.229 e. The highest BCUT2D eigenvalue weighted by atomic mass is 32.1. The lowest BCUT2D eigenvalue weighted by molar-refractivity contribution is -0.141. The zero-order valence-electron chi connectivity index (χ0n) is 15.7. The second-order valence-corrected chi connectivity index (χ2v) is 9.65. The number of hydrogen-bond donors (Lipinski definition) is 0. The molecule has 25 heavy (non-hydrogen) atoms. The van der Waals surface area contributed by atoms with Gasteiger partial charge in [0.25, 0.3) is 0 Å². The van der Waals surface area contributed by atoms with Crippen LogP contribution in [-0.2, 0) is 11.3 Å². The van der Waals surface area contributed by atoms with E-state index in [4.69, 9.17) is 0 Å². The lowest BCUT2D eigenvalue weighted by Gasteiger charge is -2.44. The molecule has 3 fully saturated rings. The van der Waals surface area contributed by atoms with Crippen LogP contribution < -0.4 is 0 Å². The summed E-state index contributed by atoms with van der Waals surface area (Å²) in [5.41, 5.74) is 0.242. The van der Waals surface area contributed by atoms with Crippen LogP contribution in [-0.4, -0.2) is 72.9 Å². The molecule has 2 atom stereocenters. The number of carbonyl (C=O) groups is 1. The molecule has 138 valence electrons. The van der Waals surface area contributed by atoms with E-state index in [1.807, 2.05) is 25.2 Å². The van der Waals surface area contributed by atoms with Crippen LogP contribution in [0.2, 0.25) is 0 Å². The van der Waals surface area contributed by atoms with Gasteiger partial charge in [0.1, 0.15) is 5.01 Å². The van der Waals surface area contributed by atoms with Gasteiger partial charge < -0.3 is 9.80 Å². The van der Waals surface area contributed by atoms with E-state index in [2.05, 4.69) is 27.2 Å². The molecule has 0 radical (unpaired) electrons. The molecule has 1 amide bonds. The first-order valence-corrected chi connectivity index (χ1v) is 10.3. The molecule has 3 aliphatic rings. The van der Waals surface area contributed by atoms with E-state index in [-0.39, 0.29) is 5.41 Å². The zero-order chi connectivity index (χ0) is 17.7. The number of likely N-dealkylation sites (tertiary alicyclic amines) is 2. The molecule has 6 heteroatoms. The Morgan fingerprint density at radius 3 is 2.72 bits per heavy atom. The summed E-state index contributed by atoms with van der Waals surface area (Å²) in [5.74, 6) is 0.894. The third kappa shape index (κ3) is 2.82. The van der Waals surface area contributed by atoms with E-state index < -0.39 is 0 Å². The number of fused-ring (bicyclic) bond motifs is 2. The predicted octanol–water partition coefficient (Wildman–Crippen LogP) is 2.16. The molecule has 1 saturated carbocycles. The van der Waals surface area contributed by atoms with Gasteiger partial charge in [-0.25, -0.2) is 4.98 Å². The molecule has 0 aromatic carbocycles. The van der Waals surface area contributed by atoms with Crippen LogP contribution in [0.5, 0.6) is 0 Å². The summed E-state index contributed by atoms with van der Waals surface area (Å²) in [4.78, 5) is 24.3. The van der Waals surface area contributed by atoms with Crippen LogP contribution in [0, 0.1) is 16.7 Å². The van der Waals surface area contributed by atoms with Gasteiger partial charge in [0.2, 0.25) is 5.91 Å². The van der Waals surface area contributed by atoms with E-state index >= 15 is 0 Å². The Balaban J connectivity index is 1.49. The third-order valence-corrected chi connectivity index (χ3v) is 7.81. The van der Waals surface area contributed by atoms with E-state index in [0.717, 1.165) is 39.1 Å². The van der Waals surface area contributed by atoms with Gasteiger partial charge in [0, 0.05) is 38.8 Å². The standard InChI is InChI=1S/C19H30N4OS/c1-21(2)17(24)19-5-4-18(15(19)12-22(3)14-19)6-9-23(10-7-18)13-16-20-8-11-25-16/h8,11,15H,4-7,9-10,12-14H2,1-3H3/t15-,19+/m1/s1. The quantitative estimate of drug-likeness (QED) is 0.826. The molecule has 4 rings (SSSR count). The zero-order valence-corrected chi connectivity index (χ0v) is 16.5. The van der Waals surface area contributed by atoms with Crippen LogP contribution in [0.1, 0.15) is 30.7 Å². The van der Waals surface area contributed by atoms with Crippen molar-refractivity contribution in [2.75, 3.05) is 47.3 Å². The minimum absolute atomic E-state index is 0.129. The lowest BCUT2D eigenvalue weighted by atomic mass is 9.65. The number of aromatic nitrogens is 1. The number of thiazole rings is 1. The molecule has 0 N–H and O–H groups in total. The van der Waals surface area contributed by atoms with E-state index in [1.165, 1.54) is 24.3 Å². The maximum atomic E-state index is 13.1. The topological polar surface area (TPSA) is 39.7 Å². The number of rotatable bonds is 3. The van der Waals surface area contributed by atoms with E-state index in [0.29, 0.717) is 17.2 Å². The van der Waals surface area contributed by atoms with Crippen molar-refractivity contribution in [2.45, 2.75) is 32.2 Å². The highest BCUT2D eigenvalue weighted by Gasteiger charge is 2.63. The average Bonchev–Trinajstić information content (AvgIpc) is 3.27. The SMILES string of the molecule is CN1C[C@@H]2C3(CCN(Cc4nccs4)CC3)CC[C@]2(C(=O)N(C)C)C1. The lowest BCUT2D eigenvalue weighted by Crippen LogP contribution is -2.48. The van der Waals surface area contributed by atoms with E-state index in [1.54, 1.807) is 11.3 Å². The van der Waals surface area contributed by atoms with Gasteiger partial charge in [-0.3, -0.25) is 9.69 Å². The van der Waals surface area contributed by atoms with Crippen molar-refractivity contribution in [1.29, 1.82) is 0 Å². The van der Waals surface area contributed by atoms with Crippen LogP contribution in [0.25, 0.3) is 0 Å². The van der Waals surface area contributed by atoms with Gasteiger partial charge in [-0.1, -0.05) is 0 Å². The predicted molar refractivity (Wildman–Crippen MR) is 100 cm³/mol. The fourth-order valence-electron chi connectivity index (χ4n) is 5.87. The Bertz CT molecular complexity index is 623. The van der Waals surface area contributed by atoms with Crippen LogP contribution in [0.15, 0.2) is 11.6 Å². The average molecular weight is 363 g/mol. The van der Waals surface area contributed by atoms with Crippen molar-refractivity contribution in [3.63, 3.8) is 0 Å². The second kappa shape index (κ2) is 6.32. The molecule has 1 aromatic heterocycles. The van der Waals surface area contributed by atoms with Crippen LogP contribution in [0.4, 0.5) is 0 Å². The van der Waals surface area contributed by atoms with Crippen molar-refractivity contribution in [1.82, 2.24) is 19.7 Å². The minimum Gasteiger partial charge on any atom is -0.348 e. The largest absolute Gasteiger partial charge is 0.348 e. The van der Waals surface area contributed by atoms with Crippen molar-refractivity contribution >= 4 is 17.2 Å². The molecular formula is C19H30N4OS. The Labute approximate surface area is 155 Å². The van der Waals surface area contributed by atoms with Gasteiger partial charge in [0.05, 0.1) is 12.0 Å². The van der Waals surface area contributed by atoms with Crippen LogP contribution in [0.3, 0.4) is 0 Å². The molecule has 0 bridgehead atoms. The van der Waals surface area contributed by atoms with Gasteiger partial charge >= 0.3 is 0 Å². The van der Waals surface area contributed by atoms with Crippen molar-refractivity contribution in [3.8, 4) is 0 Å². The Hall–Kier alpha value is -0.980. The number of carbonyl (C=O) groups excluding carboxylic acids is 1. The van der Waals surface area contributed by atoms with Gasteiger partial charge in [0.15, 0.2) is 0 Å². The van der Waals surface area contributed by atoms with Gasteiger partial charge in [-0.2, -0.15) is 0 Å². The molecule has 1 spiro atoms. The van der Waals surface area contributed by atoms with Crippen LogP contribution >= 0.6 is 11.3 Å². The third-order valence-electron chi connectivity index (χ3n) is 7.05. The smallest absolute Gasteiger partial charge is 0.229 e. The first kappa shape index (κ1) is 17.4. The van der Waals surface area contributed by atoms with Gasteiger partial charge in [-0.05, 0) is 57.2 Å². The summed E-state index contributed by atoms with van der Waals surface area (Å²) in [6, 6.07) is 0. The number of piperidine rings is 1. The Morgan fingerprint density at radius 2 is 2.08 bits per heavy atom. The first-order chi connectivity index (χ1) is 12.0. The Morgan fingerprint density at radius 1 is 1.32 bits per heavy atom. The number of amides is 1. The molecule has 5 nitrogen and oxygen atoms in total. The maximum absolute atomic E-state index is 13.1. The first-order valence-electron chi connectivity index (χ1n) is 9.46. The van der Waals surface area contributed by atoms with Crippen molar-refractivity contribution < 1.29 is 4.79 Å². The molecule has 2 aliphatic heterocycles. The summed E-state index contributed by atoms with van der Waals surface area (Å²) in [7, 11) is 6.04.